The smallest absolute Gasteiger partial charge is 0.305 e. The molecule has 7 nitrogen and oxygen atoms in total. The van der Waals surface area contributed by atoms with Crippen molar-refractivity contribution in [2.24, 2.45) is 4.15 Å². The Morgan fingerprint density at radius 1 is 0.900 bits per heavy atom. The van der Waals surface area contributed by atoms with E-state index in [1.165, 1.54) is 40.6 Å². The van der Waals surface area contributed by atoms with Gasteiger partial charge in [-0.2, -0.15) is 8.42 Å². The highest BCUT2D eigenvalue weighted by molar-refractivity contribution is 7.88. The molecule has 0 bridgehead atoms. The SMILES string of the molecule is CCCCCCCCOS(=O)(=O)N=P(OC)(OC)OC. The normalized spacial score (nSPS) is 12.6. The molecule has 0 aliphatic carbocycles. The summed E-state index contributed by atoms with van der Waals surface area (Å²) in [6.45, 7) is 2.25. The van der Waals surface area contributed by atoms with Crippen LogP contribution in [0.5, 0.6) is 0 Å². The van der Waals surface area contributed by atoms with E-state index >= 15 is 0 Å². The van der Waals surface area contributed by atoms with Crippen LogP contribution in [0.2, 0.25) is 0 Å². The molecule has 122 valence electrons. The topological polar surface area (TPSA) is 83.4 Å². The third-order valence-electron chi connectivity index (χ3n) is 2.62. The largest absolute Gasteiger partial charge is 0.385 e. The van der Waals surface area contributed by atoms with Gasteiger partial charge in [0.15, 0.2) is 0 Å². The summed E-state index contributed by atoms with van der Waals surface area (Å²) in [6, 6.07) is 0. The zero-order valence-corrected chi connectivity index (χ0v) is 14.4. The van der Waals surface area contributed by atoms with Crippen molar-refractivity contribution in [3.63, 3.8) is 0 Å². The number of unbranched alkanes of at least 4 members (excludes halogenated alkanes) is 5. The van der Waals surface area contributed by atoms with E-state index in [1.807, 2.05) is 0 Å². The highest BCUT2D eigenvalue weighted by Crippen LogP contribution is 2.51. The standard InChI is InChI=1S/C11H26NO6PS/c1-5-6-7-8-9-10-11-18-20(13,14)12-19(15-2,16-3)17-4/h5-11H2,1-4H3. The van der Waals surface area contributed by atoms with E-state index in [0.29, 0.717) is 6.42 Å². The summed E-state index contributed by atoms with van der Waals surface area (Å²) in [6.07, 6.45) is 6.25. The molecule has 0 N–H and O–H groups in total. The van der Waals surface area contributed by atoms with Crippen molar-refractivity contribution in [3.05, 3.63) is 0 Å². The number of nitrogens with zero attached hydrogens (tertiary/aromatic N) is 1. The van der Waals surface area contributed by atoms with Crippen LogP contribution in [0.1, 0.15) is 45.4 Å². The van der Waals surface area contributed by atoms with Gasteiger partial charge in [-0.05, 0) is 6.42 Å². The highest BCUT2D eigenvalue weighted by atomic mass is 32.2. The molecule has 0 saturated heterocycles. The first-order chi connectivity index (χ1) is 9.45. The third-order valence-corrected chi connectivity index (χ3v) is 6.07. The monoisotopic (exact) mass is 331 g/mol. The molecule has 0 aromatic heterocycles. The van der Waals surface area contributed by atoms with Gasteiger partial charge in [-0.3, -0.25) is 4.18 Å². The minimum atomic E-state index is -4.07. The Morgan fingerprint density at radius 2 is 1.40 bits per heavy atom. The lowest BCUT2D eigenvalue weighted by Gasteiger charge is -2.16. The van der Waals surface area contributed by atoms with Gasteiger partial charge in [0.05, 0.1) is 6.61 Å². The summed E-state index contributed by atoms with van der Waals surface area (Å²) in [5, 5.41) is 0. The fraction of sp³-hybridized carbons (Fsp3) is 1.00. The molecular weight excluding hydrogens is 305 g/mol. The predicted molar refractivity (Wildman–Crippen MR) is 78.6 cm³/mol. The Kier molecular flexibility index (Phi) is 10.7. The van der Waals surface area contributed by atoms with Crippen LogP contribution in [0.15, 0.2) is 4.15 Å². The van der Waals surface area contributed by atoms with Gasteiger partial charge in [0.1, 0.15) is 0 Å². The first-order valence-corrected chi connectivity index (χ1v) is 9.51. The Bertz CT molecular complexity index is 379. The van der Waals surface area contributed by atoms with Crippen molar-refractivity contribution in [1.82, 2.24) is 0 Å². The molecule has 0 aliphatic rings. The lowest BCUT2D eigenvalue weighted by atomic mass is 10.1. The molecular formula is C11H26NO6PS. The molecule has 0 rings (SSSR count). The van der Waals surface area contributed by atoms with Crippen molar-refractivity contribution >= 4 is 18.0 Å². The molecule has 0 heterocycles. The van der Waals surface area contributed by atoms with Gasteiger partial charge in [0, 0.05) is 21.3 Å². The fourth-order valence-corrected chi connectivity index (χ4v) is 4.26. The van der Waals surface area contributed by atoms with Crippen LogP contribution in [0.25, 0.3) is 0 Å². The molecule has 0 aromatic rings. The third kappa shape index (κ3) is 8.34. The molecule has 0 aliphatic heterocycles. The van der Waals surface area contributed by atoms with Gasteiger partial charge in [0.25, 0.3) is 0 Å². The average Bonchev–Trinajstić information content (AvgIpc) is 2.44. The minimum Gasteiger partial charge on any atom is -0.305 e. The minimum absolute atomic E-state index is 0.106. The lowest BCUT2D eigenvalue weighted by molar-refractivity contribution is 0.224. The Hall–Kier alpha value is 0.0200. The molecule has 0 fully saturated rings. The van der Waals surface area contributed by atoms with Crippen molar-refractivity contribution in [2.45, 2.75) is 45.4 Å². The van der Waals surface area contributed by atoms with Crippen LogP contribution < -0.4 is 0 Å². The summed E-state index contributed by atoms with van der Waals surface area (Å²) in [5.41, 5.74) is 0. The first kappa shape index (κ1) is 20.0. The fourth-order valence-electron chi connectivity index (χ4n) is 1.52. The summed E-state index contributed by atoms with van der Waals surface area (Å²) in [7, 11) is -3.48. The summed E-state index contributed by atoms with van der Waals surface area (Å²) in [4.78, 5) is 0. The van der Waals surface area contributed by atoms with E-state index in [2.05, 4.69) is 11.1 Å². The molecule has 0 spiro atoms. The van der Waals surface area contributed by atoms with Crippen LogP contribution in [0.3, 0.4) is 0 Å². The molecule has 0 saturated carbocycles. The van der Waals surface area contributed by atoms with Crippen LogP contribution >= 0.6 is 7.74 Å². The van der Waals surface area contributed by atoms with Crippen molar-refractivity contribution in [3.8, 4) is 0 Å². The number of hydrogen-bond acceptors (Lipinski definition) is 6. The lowest BCUT2D eigenvalue weighted by Crippen LogP contribution is -2.05. The first-order valence-electron chi connectivity index (χ1n) is 6.65. The van der Waals surface area contributed by atoms with Crippen LogP contribution in [0, 0.1) is 0 Å². The van der Waals surface area contributed by atoms with Gasteiger partial charge >= 0.3 is 18.0 Å². The van der Waals surface area contributed by atoms with Crippen LogP contribution in [-0.2, 0) is 28.1 Å². The number of rotatable bonds is 12. The molecule has 0 unspecified atom stereocenters. The Morgan fingerprint density at radius 3 is 1.90 bits per heavy atom. The Balaban J connectivity index is 4.23. The van der Waals surface area contributed by atoms with Crippen LogP contribution in [-0.4, -0.2) is 36.4 Å². The van der Waals surface area contributed by atoms with E-state index in [-0.39, 0.29) is 6.61 Å². The van der Waals surface area contributed by atoms with E-state index in [0.717, 1.165) is 12.8 Å². The zero-order chi connectivity index (χ0) is 15.5. The molecule has 0 aromatic carbocycles. The maximum Gasteiger partial charge on any atom is 0.385 e. The number of hydrogen-bond donors (Lipinski definition) is 0. The summed E-state index contributed by atoms with van der Waals surface area (Å²) >= 11 is 0. The van der Waals surface area contributed by atoms with Gasteiger partial charge in [-0.1, -0.05) is 43.2 Å². The van der Waals surface area contributed by atoms with E-state index in [1.54, 1.807) is 0 Å². The molecule has 0 amide bonds. The molecule has 9 heteroatoms. The van der Waals surface area contributed by atoms with Crippen molar-refractivity contribution in [2.75, 3.05) is 27.9 Å². The average molecular weight is 331 g/mol. The zero-order valence-electron chi connectivity index (χ0n) is 12.7. The van der Waals surface area contributed by atoms with Gasteiger partial charge < -0.3 is 13.6 Å². The summed E-state index contributed by atoms with van der Waals surface area (Å²) in [5.74, 6) is 0. The quantitative estimate of drug-likeness (QED) is 0.402. The second-order valence-corrected chi connectivity index (χ2v) is 7.89. The maximum atomic E-state index is 11.7. The van der Waals surface area contributed by atoms with Gasteiger partial charge in [-0.25, -0.2) is 0 Å². The second kappa shape index (κ2) is 10.7. The van der Waals surface area contributed by atoms with E-state index < -0.39 is 18.0 Å². The Labute approximate surface area is 122 Å². The second-order valence-electron chi connectivity index (χ2n) is 4.12. The molecule has 20 heavy (non-hydrogen) atoms. The van der Waals surface area contributed by atoms with E-state index in [4.69, 9.17) is 17.8 Å². The van der Waals surface area contributed by atoms with Crippen molar-refractivity contribution < 1.29 is 26.2 Å². The molecule has 0 radical (unpaired) electrons. The molecule has 0 atom stereocenters. The van der Waals surface area contributed by atoms with E-state index in [9.17, 15) is 8.42 Å². The predicted octanol–water partition coefficient (Wildman–Crippen LogP) is 3.49. The van der Waals surface area contributed by atoms with Gasteiger partial charge in [0.2, 0.25) is 0 Å². The van der Waals surface area contributed by atoms with Crippen LogP contribution in [0.4, 0.5) is 0 Å². The van der Waals surface area contributed by atoms with Crippen molar-refractivity contribution in [1.29, 1.82) is 0 Å². The maximum absolute atomic E-state index is 11.7. The summed E-state index contributed by atoms with van der Waals surface area (Å²) < 4.78 is 46.2. The van der Waals surface area contributed by atoms with Gasteiger partial charge in [-0.15, -0.1) is 0 Å². The highest BCUT2D eigenvalue weighted by Gasteiger charge is 2.24.